The van der Waals surface area contributed by atoms with Crippen LogP contribution in [-0.2, 0) is 0 Å². The highest BCUT2D eigenvalue weighted by atomic mass is 16.3. The number of benzene rings is 2. The van der Waals surface area contributed by atoms with Crippen LogP contribution in [0.25, 0.3) is 0 Å². The summed E-state index contributed by atoms with van der Waals surface area (Å²) in [4.78, 5) is 2.25. The normalized spacial score (nSPS) is 14.4. The van der Waals surface area contributed by atoms with Crippen LogP contribution >= 0.6 is 0 Å². The molecule has 2 nitrogen and oxygen atoms in total. The lowest BCUT2D eigenvalue weighted by atomic mass is 9.94. The molecular formula is C19H25NO. The first-order chi connectivity index (χ1) is 10.1. The van der Waals surface area contributed by atoms with Crippen molar-refractivity contribution in [3.05, 3.63) is 71.8 Å². The summed E-state index contributed by atoms with van der Waals surface area (Å²) in [5.74, 6) is 0.559. The van der Waals surface area contributed by atoms with Crippen molar-refractivity contribution in [2.24, 2.45) is 5.92 Å². The molecule has 2 aromatic carbocycles. The highest BCUT2D eigenvalue weighted by Gasteiger charge is 2.26. The highest BCUT2D eigenvalue weighted by Crippen LogP contribution is 2.33. The molecule has 21 heavy (non-hydrogen) atoms. The first-order valence-corrected chi connectivity index (χ1v) is 7.57. The summed E-state index contributed by atoms with van der Waals surface area (Å²) < 4.78 is 0. The zero-order valence-corrected chi connectivity index (χ0v) is 13.1. The fourth-order valence-corrected chi connectivity index (χ4v) is 2.85. The molecule has 0 aliphatic rings. The van der Waals surface area contributed by atoms with Gasteiger partial charge in [0, 0.05) is 6.54 Å². The van der Waals surface area contributed by atoms with Gasteiger partial charge in [-0.25, -0.2) is 0 Å². The maximum absolute atomic E-state index is 10.9. The average molecular weight is 283 g/mol. The fourth-order valence-electron chi connectivity index (χ4n) is 2.85. The Balaban J connectivity index is 2.32. The second-order valence-electron chi connectivity index (χ2n) is 6.04. The summed E-state index contributed by atoms with van der Waals surface area (Å²) in [6, 6.07) is 20.1. The lowest BCUT2D eigenvalue weighted by molar-refractivity contribution is 0.0561. The summed E-state index contributed by atoms with van der Waals surface area (Å²) in [6.45, 7) is 5.35. The number of aliphatic hydroxyl groups is 1. The van der Waals surface area contributed by atoms with Gasteiger partial charge in [0.2, 0.25) is 0 Å². The minimum absolute atomic E-state index is 0.0315. The van der Waals surface area contributed by atoms with E-state index in [0.29, 0.717) is 5.92 Å². The molecule has 0 saturated heterocycles. The standard InChI is InChI=1S/C19H25NO/c1-15(2)14-20(3)18(16-10-6-4-7-11-16)19(21)17-12-8-5-9-13-17/h4-13,15,18-19,21H,14H2,1-3H3. The van der Waals surface area contributed by atoms with Crippen molar-refractivity contribution in [3.63, 3.8) is 0 Å². The Labute approximate surface area is 128 Å². The van der Waals surface area contributed by atoms with E-state index in [1.807, 2.05) is 48.5 Å². The Bertz CT molecular complexity index is 524. The van der Waals surface area contributed by atoms with E-state index in [2.05, 4.69) is 37.9 Å². The molecular weight excluding hydrogens is 258 g/mol. The molecule has 0 aliphatic carbocycles. The molecule has 2 heteroatoms. The second kappa shape index (κ2) is 7.39. The number of likely N-dealkylation sites (N-methyl/N-ethyl adjacent to an activating group) is 1. The van der Waals surface area contributed by atoms with Gasteiger partial charge in [0.15, 0.2) is 0 Å². The van der Waals surface area contributed by atoms with E-state index in [0.717, 1.165) is 17.7 Å². The van der Waals surface area contributed by atoms with Crippen LogP contribution < -0.4 is 0 Å². The summed E-state index contributed by atoms with van der Waals surface area (Å²) in [5.41, 5.74) is 2.11. The lowest BCUT2D eigenvalue weighted by Gasteiger charge is -2.33. The average Bonchev–Trinajstić information content (AvgIpc) is 2.48. The minimum atomic E-state index is -0.530. The molecule has 0 radical (unpaired) electrons. The molecule has 2 aromatic rings. The molecule has 0 bridgehead atoms. The molecule has 0 spiro atoms. The summed E-state index contributed by atoms with van der Waals surface area (Å²) in [6.07, 6.45) is -0.530. The number of nitrogens with zero attached hydrogens (tertiary/aromatic N) is 1. The molecule has 0 aromatic heterocycles. The van der Waals surface area contributed by atoms with Crippen LogP contribution in [0.1, 0.15) is 37.1 Å². The SMILES string of the molecule is CC(C)CN(C)C(c1ccccc1)C(O)c1ccccc1. The van der Waals surface area contributed by atoms with E-state index in [4.69, 9.17) is 0 Å². The highest BCUT2D eigenvalue weighted by molar-refractivity contribution is 5.26. The van der Waals surface area contributed by atoms with Gasteiger partial charge in [-0.3, -0.25) is 4.90 Å². The minimum Gasteiger partial charge on any atom is -0.386 e. The van der Waals surface area contributed by atoms with E-state index in [-0.39, 0.29) is 6.04 Å². The van der Waals surface area contributed by atoms with Crippen LogP contribution in [0.5, 0.6) is 0 Å². The molecule has 0 fully saturated rings. The third kappa shape index (κ3) is 4.16. The lowest BCUT2D eigenvalue weighted by Crippen LogP contribution is -2.32. The number of rotatable bonds is 6. The van der Waals surface area contributed by atoms with Gasteiger partial charge in [0.05, 0.1) is 12.1 Å². The molecule has 2 atom stereocenters. The summed E-state index contributed by atoms with van der Waals surface area (Å²) >= 11 is 0. The summed E-state index contributed by atoms with van der Waals surface area (Å²) in [5, 5.41) is 10.9. The molecule has 0 heterocycles. The molecule has 0 amide bonds. The Morgan fingerprint density at radius 3 is 1.81 bits per heavy atom. The van der Waals surface area contributed by atoms with Crippen molar-refractivity contribution >= 4 is 0 Å². The van der Waals surface area contributed by atoms with Crippen molar-refractivity contribution in [2.45, 2.75) is 26.0 Å². The zero-order valence-electron chi connectivity index (χ0n) is 13.1. The van der Waals surface area contributed by atoms with E-state index < -0.39 is 6.10 Å². The van der Waals surface area contributed by atoms with E-state index in [9.17, 15) is 5.11 Å². The summed E-state index contributed by atoms with van der Waals surface area (Å²) in [7, 11) is 2.09. The van der Waals surface area contributed by atoms with Crippen molar-refractivity contribution in [3.8, 4) is 0 Å². The van der Waals surface area contributed by atoms with Gasteiger partial charge in [-0.05, 0) is 24.1 Å². The van der Waals surface area contributed by atoms with E-state index in [1.165, 1.54) is 0 Å². The van der Waals surface area contributed by atoms with Gasteiger partial charge in [-0.1, -0.05) is 74.5 Å². The molecule has 2 rings (SSSR count). The van der Waals surface area contributed by atoms with Crippen LogP contribution in [-0.4, -0.2) is 23.6 Å². The monoisotopic (exact) mass is 283 g/mol. The van der Waals surface area contributed by atoms with Gasteiger partial charge in [-0.2, -0.15) is 0 Å². The molecule has 0 aliphatic heterocycles. The molecule has 112 valence electrons. The first-order valence-electron chi connectivity index (χ1n) is 7.57. The Morgan fingerprint density at radius 1 is 0.857 bits per heavy atom. The molecule has 2 unspecified atom stereocenters. The van der Waals surface area contributed by atoms with Crippen LogP contribution in [0.3, 0.4) is 0 Å². The van der Waals surface area contributed by atoms with Crippen molar-refractivity contribution < 1.29 is 5.11 Å². The van der Waals surface area contributed by atoms with Crippen molar-refractivity contribution in [2.75, 3.05) is 13.6 Å². The number of aliphatic hydroxyl groups excluding tert-OH is 1. The maximum Gasteiger partial charge on any atom is 0.0986 e. The Hall–Kier alpha value is -1.64. The van der Waals surface area contributed by atoms with Crippen LogP contribution in [0, 0.1) is 5.92 Å². The van der Waals surface area contributed by atoms with Crippen molar-refractivity contribution in [1.29, 1.82) is 0 Å². The van der Waals surface area contributed by atoms with E-state index in [1.54, 1.807) is 0 Å². The predicted octanol–water partition coefficient (Wildman–Crippen LogP) is 4.05. The van der Waals surface area contributed by atoms with Crippen LogP contribution in [0.15, 0.2) is 60.7 Å². The van der Waals surface area contributed by atoms with Gasteiger partial charge in [0.1, 0.15) is 0 Å². The third-order valence-electron chi connectivity index (χ3n) is 3.71. The molecule has 0 saturated carbocycles. The smallest absolute Gasteiger partial charge is 0.0986 e. The van der Waals surface area contributed by atoms with Crippen LogP contribution in [0.2, 0.25) is 0 Å². The van der Waals surface area contributed by atoms with Gasteiger partial charge < -0.3 is 5.11 Å². The Kier molecular flexibility index (Phi) is 5.54. The second-order valence-corrected chi connectivity index (χ2v) is 6.04. The topological polar surface area (TPSA) is 23.5 Å². The Morgan fingerprint density at radius 2 is 1.33 bits per heavy atom. The van der Waals surface area contributed by atoms with E-state index >= 15 is 0 Å². The van der Waals surface area contributed by atoms with Gasteiger partial charge in [0.25, 0.3) is 0 Å². The number of hydrogen-bond donors (Lipinski definition) is 1. The van der Waals surface area contributed by atoms with Crippen LogP contribution in [0.4, 0.5) is 0 Å². The zero-order chi connectivity index (χ0) is 15.2. The fraction of sp³-hybridized carbons (Fsp3) is 0.368. The number of hydrogen-bond acceptors (Lipinski definition) is 2. The predicted molar refractivity (Wildman–Crippen MR) is 88.1 cm³/mol. The molecule has 1 N–H and O–H groups in total. The largest absolute Gasteiger partial charge is 0.386 e. The maximum atomic E-state index is 10.9. The van der Waals surface area contributed by atoms with Crippen molar-refractivity contribution in [1.82, 2.24) is 4.90 Å². The van der Waals surface area contributed by atoms with Gasteiger partial charge in [-0.15, -0.1) is 0 Å². The van der Waals surface area contributed by atoms with Gasteiger partial charge >= 0.3 is 0 Å². The first kappa shape index (κ1) is 15.7. The third-order valence-corrected chi connectivity index (χ3v) is 3.71. The quantitative estimate of drug-likeness (QED) is 0.864.